The molecule has 2 aromatic rings. The summed E-state index contributed by atoms with van der Waals surface area (Å²) in [6.07, 6.45) is 3.62. The van der Waals surface area contributed by atoms with Crippen molar-refractivity contribution in [2.45, 2.75) is 6.54 Å². The molecule has 3 rings (SSSR count). The predicted octanol–water partition coefficient (Wildman–Crippen LogP) is 1.61. The molecule has 0 spiro atoms. The molecule has 160 valence electrons. The van der Waals surface area contributed by atoms with E-state index in [1.54, 1.807) is 24.3 Å². The number of aromatic nitrogens is 1. The Morgan fingerprint density at radius 3 is 2.03 bits per heavy atom. The summed E-state index contributed by atoms with van der Waals surface area (Å²) in [6, 6.07) is 11.1. The first kappa shape index (κ1) is 23.1. The number of piperazine rings is 1. The maximum Gasteiger partial charge on any atom is 0.414 e. The number of hydrogen-bond donors (Lipinski definition) is 2. The second-order valence-electron chi connectivity index (χ2n) is 6.37. The largest absolute Gasteiger partial charge is 0.484 e. The van der Waals surface area contributed by atoms with Gasteiger partial charge in [-0.05, 0) is 42.0 Å². The zero-order valence-corrected chi connectivity index (χ0v) is 16.9. The molecule has 10 heteroatoms. The summed E-state index contributed by atoms with van der Waals surface area (Å²) in [5.74, 6) is -2.97. The summed E-state index contributed by atoms with van der Waals surface area (Å²) in [5, 5.41) is 15.4. The SMILES string of the molecule is O=C(COc1ccc(Cl)cc1)N1CCN(Cc2ccncc2)CC1.O=C(O)C(=O)O. The zero-order valence-electron chi connectivity index (χ0n) is 16.1. The highest BCUT2D eigenvalue weighted by atomic mass is 35.5. The molecule has 1 saturated heterocycles. The van der Waals surface area contributed by atoms with Gasteiger partial charge in [-0.2, -0.15) is 0 Å². The molecular formula is C20H22ClN3O6. The van der Waals surface area contributed by atoms with E-state index in [2.05, 4.69) is 9.88 Å². The quantitative estimate of drug-likeness (QED) is 0.679. The van der Waals surface area contributed by atoms with Gasteiger partial charge in [0, 0.05) is 50.1 Å². The van der Waals surface area contributed by atoms with Crippen LogP contribution in [0.4, 0.5) is 0 Å². The van der Waals surface area contributed by atoms with Gasteiger partial charge in [0.2, 0.25) is 0 Å². The molecular weight excluding hydrogens is 414 g/mol. The number of carboxylic acids is 2. The number of hydrogen-bond acceptors (Lipinski definition) is 6. The second-order valence-corrected chi connectivity index (χ2v) is 6.80. The molecule has 9 nitrogen and oxygen atoms in total. The first-order chi connectivity index (χ1) is 14.3. The van der Waals surface area contributed by atoms with E-state index in [1.165, 1.54) is 5.56 Å². The topological polar surface area (TPSA) is 120 Å². The van der Waals surface area contributed by atoms with Crippen molar-refractivity contribution in [3.8, 4) is 5.75 Å². The minimum absolute atomic E-state index is 0.0218. The van der Waals surface area contributed by atoms with Crippen molar-refractivity contribution in [3.63, 3.8) is 0 Å². The molecule has 1 fully saturated rings. The molecule has 2 heterocycles. The summed E-state index contributed by atoms with van der Waals surface area (Å²) in [6.45, 7) is 4.16. The highest BCUT2D eigenvalue weighted by Gasteiger charge is 2.21. The van der Waals surface area contributed by atoms with Gasteiger partial charge in [0.05, 0.1) is 0 Å². The van der Waals surface area contributed by atoms with Crippen LogP contribution in [0.2, 0.25) is 5.02 Å². The van der Waals surface area contributed by atoms with E-state index < -0.39 is 11.9 Å². The van der Waals surface area contributed by atoms with Crippen molar-refractivity contribution >= 4 is 29.4 Å². The Balaban J connectivity index is 0.000000469. The molecule has 0 radical (unpaired) electrons. The number of aliphatic carboxylic acids is 2. The predicted molar refractivity (Wildman–Crippen MR) is 108 cm³/mol. The molecule has 1 amide bonds. The van der Waals surface area contributed by atoms with Gasteiger partial charge in [0.15, 0.2) is 6.61 Å². The van der Waals surface area contributed by atoms with Crippen molar-refractivity contribution < 1.29 is 29.3 Å². The van der Waals surface area contributed by atoms with Crippen molar-refractivity contribution in [3.05, 3.63) is 59.4 Å². The Morgan fingerprint density at radius 1 is 0.933 bits per heavy atom. The Labute approximate surface area is 178 Å². The summed E-state index contributed by atoms with van der Waals surface area (Å²) in [4.78, 5) is 38.7. The summed E-state index contributed by atoms with van der Waals surface area (Å²) in [7, 11) is 0. The number of carbonyl (C=O) groups excluding carboxylic acids is 1. The van der Waals surface area contributed by atoms with Gasteiger partial charge in [0.1, 0.15) is 5.75 Å². The lowest BCUT2D eigenvalue weighted by Gasteiger charge is -2.34. The van der Waals surface area contributed by atoms with Gasteiger partial charge in [-0.15, -0.1) is 0 Å². The normalized spacial score (nSPS) is 13.7. The number of ether oxygens (including phenoxy) is 1. The number of halogens is 1. The van der Waals surface area contributed by atoms with Crippen molar-refractivity contribution in [1.29, 1.82) is 0 Å². The van der Waals surface area contributed by atoms with Gasteiger partial charge in [-0.3, -0.25) is 14.7 Å². The fraction of sp³-hybridized carbons (Fsp3) is 0.300. The average molecular weight is 436 g/mol. The highest BCUT2D eigenvalue weighted by molar-refractivity contribution is 6.30. The third-order valence-corrected chi connectivity index (χ3v) is 4.49. The van der Waals surface area contributed by atoms with Crippen LogP contribution < -0.4 is 4.74 Å². The van der Waals surface area contributed by atoms with E-state index in [1.807, 2.05) is 29.4 Å². The molecule has 0 unspecified atom stereocenters. The van der Waals surface area contributed by atoms with Crippen LogP contribution in [0.15, 0.2) is 48.8 Å². The first-order valence-electron chi connectivity index (χ1n) is 9.09. The van der Waals surface area contributed by atoms with E-state index in [0.29, 0.717) is 10.8 Å². The third kappa shape index (κ3) is 8.06. The van der Waals surface area contributed by atoms with E-state index in [0.717, 1.165) is 32.7 Å². The summed E-state index contributed by atoms with van der Waals surface area (Å²) < 4.78 is 5.53. The van der Waals surface area contributed by atoms with Gasteiger partial charge in [-0.25, -0.2) is 9.59 Å². The van der Waals surface area contributed by atoms with Gasteiger partial charge in [-0.1, -0.05) is 11.6 Å². The molecule has 0 atom stereocenters. The number of benzene rings is 1. The Hall–Kier alpha value is -3.17. The lowest BCUT2D eigenvalue weighted by atomic mass is 10.2. The van der Waals surface area contributed by atoms with E-state index >= 15 is 0 Å². The fourth-order valence-corrected chi connectivity index (χ4v) is 2.79. The Morgan fingerprint density at radius 2 is 1.50 bits per heavy atom. The molecule has 30 heavy (non-hydrogen) atoms. The maximum atomic E-state index is 12.3. The third-order valence-electron chi connectivity index (χ3n) is 4.24. The van der Waals surface area contributed by atoms with Crippen LogP contribution in [0.3, 0.4) is 0 Å². The molecule has 1 aromatic heterocycles. The monoisotopic (exact) mass is 435 g/mol. The fourth-order valence-electron chi connectivity index (χ4n) is 2.67. The van der Waals surface area contributed by atoms with Crippen molar-refractivity contribution in [2.24, 2.45) is 0 Å². The highest BCUT2D eigenvalue weighted by Crippen LogP contribution is 2.15. The van der Waals surface area contributed by atoms with Crippen molar-refractivity contribution in [1.82, 2.24) is 14.8 Å². The van der Waals surface area contributed by atoms with Crippen LogP contribution in [-0.2, 0) is 20.9 Å². The number of rotatable bonds is 5. The molecule has 1 aromatic carbocycles. The number of carbonyl (C=O) groups is 3. The summed E-state index contributed by atoms with van der Waals surface area (Å²) in [5.41, 5.74) is 1.25. The molecule has 0 aliphatic carbocycles. The second kappa shape index (κ2) is 11.7. The Bertz CT molecular complexity index is 827. The molecule has 0 bridgehead atoms. The van der Waals surface area contributed by atoms with Gasteiger partial charge < -0.3 is 19.8 Å². The lowest BCUT2D eigenvalue weighted by molar-refractivity contribution is -0.159. The molecule has 1 aliphatic rings. The standard InChI is InChI=1S/C18H20ClN3O2.C2H2O4/c19-16-1-3-17(4-2-16)24-14-18(23)22-11-9-21(10-12-22)13-15-5-7-20-8-6-15;3-1(4)2(5)6/h1-8H,9-14H2;(H,3,4)(H,5,6). The lowest BCUT2D eigenvalue weighted by Crippen LogP contribution is -2.49. The smallest absolute Gasteiger partial charge is 0.414 e. The van der Waals surface area contributed by atoms with Gasteiger partial charge in [0.25, 0.3) is 5.91 Å². The van der Waals surface area contributed by atoms with Crippen LogP contribution in [-0.4, -0.2) is 75.6 Å². The number of nitrogens with zero attached hydrogens (tertiary/aromatic N) is 3. The maximum absolute atomic E-state index is 12.3. The van der Waals surface area contributed by atoms with Crippen LogP contribution in [0.1, 0.15) is 5.56 Å². The average Bonchev–Trinajstić information content (AvgIpc) is 2.75. The van der Waals surface area contributed by atoms with Crippen LogP contribution in [0.5, 0.6) is 5.75 Å². The number of amides is 1. The van der Waals surface area contributed by atoms with E-state index in [4.69, 9.17) is 36.1 Å². The minimum Gasteiger partial charge on any atom is -0.484 e. The molecule has 1 aliphatic heterocycles. The van der Waals surface area contributed by atoms with Gasteiger partial charge >= 0.3 is 11.9 Å². The minimum atomic E-state index is -1.82. The van der Waals surface area contributed by atoms with Crippen LogP contribution >= 0.6 is 11.6 Å². The van der Waals surface area contributed by atoms with Crippen molar-refractivity contribution in [2.75, 3.05) is 32.8 Å². The Kier molecular flexibility index (Phi) is 9.04. The molecule has 0 saturated carbocycles. The first-order valence-corrected chi connectivity index (χ1v) is 9.46. The van der Waals surface area contributed by atoms with E-state index in [-0.39, 0.29) is 12.5 Å². The summed E-state index contributed by atoms with van der Waals surface area (Å²) >= 11 is 5.83. The molecule has 2 N–H and O–H groups in total. The van der Waals surface area contributed by atoms with Crippen LogP contribution in [0, 0.1) is 0 Å². The number of carboxylic acid groups (broad SMARTS) is 2. The zero-order chi connectivity index (χ0) is 21.9. The number of pyridine rings is 1. The van der Waals surface area contributed by atoms with E-state index in [9.17, 15) is 4.79 Å². The van der Waals surface area contributed by atoms with Crippen LogP contribution in [0.25, 0.3) is 0 Å².